The van der Waals surface area contributed by atoms with Gasteiger partial charge in [-0.2, -0.15) is 0 Å². The standard InChI is InChI=1S/C22H31ClN2O2/c1-3-24(4-2)20(26)17-10-14-25(15-11-17)21(27)22(12-5-6-13-22)18-8-7-9-19(23)16-18/h7-9,16-17H,3-6,10-15H2,1-2H3. The highest BCUT2D eigenvalue weighted by Gasteiger charge is 2.45. The molecule has 5 heteroatoms. The van der Waals surface area contributed by atoms with E-state index in [0.29, 0.717) is 18.1 Å². The molecule has 0 spiro atoms. The van der Waals surface area contributed by atoms with Gasteiger partial charge in [-0.05, 0) is 57.2 Å². The molecule has 3 rings (SSSR count). The maximum absolute atomic E-state index is 13.5. The molecule has 4 nitrogen and oxygen atoms in total. The molecule has 1 aliphatic heterocycles. The summed E-state index contributed by atoms with van der Waals surface area (Å²) in [5, 5.41) is 0.690. The zero-order valence-electron chi connectivity index (χ0n) is 16.5. The average molecular weight is 391 g/mol. The number of hydrogen-bond donors (Lipinski definition) is 0. The van der Waals surface area contributed by atoms with Crippen LogP contribution in [0.5, 0.6) is 0 Å². The van der Waals surface area contributed by atoms with Gasteiger partial charge in [0.15, 0.2) is 0 Å². The quantitative estimate of drug-likeness (QED) is 0.753. The van der Waals surface area contributed by atoms with Crippen LogP contribution in [-0.4, -0.2) is 47.8 Å². The summed E-state index contributed by atoms with van der Waals surface area (Å²) < 4.78 is 0. The highest BCUT2D eigenvalue weighted by atomic mass is 35.5. The van der Waals surface area contributed by atoms with Crippen molar-refractivity contribution in [3.05, 3.63) is 34.9 Å². The number of halogens is 1. The number of amides is 2. The Kier molecular flexibility index (Phi) is 6.46. The van der Waals surface area contributed by atoms with Gasteiger partial charge in [-0.25, -0.2) is 0 Å². The Hall–Kier alpha value is -1.55. The predicted molar refractivity (Wildman–Crippen MR) is 109 cm³/mol. The number of hydrogen-bond acceptors (Lipinski definition) is 2. The molecule has 1 aliphatic carbocycles. The van der Waals surface area contributed by atoms with Gasteiger partial charge < -0.3 is 9.80 Å². The van der Waals surface area contributed by atoms with Crippen LogP contribution >= 0.6 is 11.6 Å². The first-order chi connectivity index (χ1) is 13.0. The van der Waals surface area contributed by atoms with Crippen LogP contribution in [0.25, 0.3) is 0 Å². The van der Waals surface area contributed by atoms with E-state index in [2.05, 4.69) is 0 Å². The summed E-state index contributed by atoms with van der Waals surface area (Å²) in [5.74, 6) is 0.535. The van der Waals surface area contributed by atoms with Gasteiger partial charge in [0.05, 0.1) is 5.41 Å². The second-order valence-electron chi connectivity index (χ2n) is 7.88. The highest BCUT2D eigenvalue weighted by Crippen LogP contribution is 2.43. The summed E-state index contributed by atoms with van der Waals surface area (Å²) >= 11 is 6.22. The first-order valence-corrected chi connectivity index (χ1v) is 10.7. The molecule has 1 saturated heterocycles. The monoisotopic (exact) mass is 390 g/mol. The minimum absolute atomic E-state index is 0.0552. The zero-order valence-corrected chi connectivity index (χ0v) is 17.3. The molecular formula is C22H31ClN2O2. The van der Waals surface area contributed by atoms with Crippen molar-refractivity contribution in [1.82, 2.24) is 9.80 Å². The van der Waals surface area contributed by atoms with Gasteiger partial charge in [-0.1, -0.05) is 36.6 Å². The molecule has 148 valence electrons. The fraction of sp³-hybridized carbons (Fsp3) is 0.636. The Labute approximate surface area is 167 Å². The van der Waals surface area contributed by atoms with Gasteiger partial charge >= 0.3 is 0 Å². The Morgan fingerprint density at radius 1 is 1.15 bits per heavy atom. The lowest BCUT2D eigenvalue weighted by molar-refractivity contribution is -0.143. The molecule has 2 fully saturated rings. The van der Waals surface area contributed by atoms with Crippen molar-refractivity contribution in [2.75, 3.05) is 26.2 Å². The molecule has 0 bridgehead atoms. The van der Waals surface area contributed by atoms with E-state index in [0.717, 1.165) is 57.2 Å². The average Bonchev–Trinajstić information content (AvgIpc) is 3.19. The van der Waals surface area contributed by atoms with Crippen LogP contribution in [0.15, 0.2) is 24.3 Å². The molecule has 0 aromatic heterocycles. The van der Waals surface area contributed by atoms with E-state index in [1.165, 1.54) is 0 Å². The number of rotatable bonds is 5. The molecule has 0 radical (unpaired) electrons. The first kappa shape index (κ1) is 20.2. The summed E-state index contributed by atoms with van der Waals surface area (Å²) in [6, 6.07) is 7.82. The number of carbonyl (C=O) groups is 2. The van der Waals surface area contributed by atoms with Crippen LogP contribution in [0.1, 0.15) is 57.9 Å². The second-order valence-corrected chi connectivity index (χ2v) is 8.31. The summed E-state index contributed by atoms with van der Waals surface area (Å²) in [7, 11) is 0. The van der Waals surface area contributed by atoms with Crippen LogP contribution in [-0.2, 0) is 15.0 Å². The van der Waals surface area contributed by atoms with E-state index in [-0.39, 0.29) is 17.7 Å². The maximum Gasteiger partial charge on any atom is 0.233 e. The third kappa shape index (κ3) is 4.01. The number of carbonyl (C=O) groups excluding carboxylic acids is 2. The third-order valence-electron chi connectivity index (χ3n) is 6.45. The lowest BCUT2D eigenvalue weighted by Crippen LogP contribution is -2.50. The van der Waals surface area contributed by atoms with Crippen molar-refractivity contribution < 1.29 is 9.59 Å². The Bertz CT molecular complexity index is 673. The smallest absolute Gasteiger partial charge is 0.233 e. The number of benzene rings is 1. The topological polar surface area (TPSA) is 40.6 Å². The first-order valence-electron chi connectivity index (χ1n) is 10.4. The van der Waals surface area contributed by atoms with Gasteiger partial charge in [0.25, 0.3) is 0 Å². The van der Waals surface area contributed by atoms with Gasteiger partial charge in [0.2, 0.25) is 11.8 Å². The Balaban J connectivity index is 1.71. The van der Waals surface area contributed by atoms with Crippen molar-refractivity contribution >= 4 is 23.4 Å². The van der Waals surface area contributed by atoms with E-state index in [1.807, 2.05) is 47.9 Å². The van der Waals surface area contributed by atoms with Crippen LogP contribution in [0.4, 0.5) is 0 Å². The normalized spacial score (nSPS) is 19.9. The maximum atomic E-state index is 13.5. The van der Waals surface area contributed by atoms with Crippen LogP contribution in [0.2, 0.25) is 5.02 Å². The second kappa shape index (κ2) is 8.64. The predicted octanol–water partition coefficient (Wildman–Crippen LogP) is 4.26. The molecule has 1 saturated carbocycles. The summed E-state index contributed by atoms with van der Waals surface area (Å²) in [4.78, 5) is 30.1. The van der Waals surface area contributed by atoms with Crippen molar-refractivity contribution in [3.8, 4) is 0 Å². The molecule has 0 N–H and O–H groups in total. The van der Waals surface area contributed by atoms with Crippen LogP contribution < -0.4 is 0 Å². The fourth-order valence-corrected chi connectivity index (χ4v) is 5.01. The number of piperidine rings is 1. The Morgan fingerprint density at radius 3 is 2.33 bits per heavy atom. The minimum atomic E-state index is -0.430. The highest BCUT2D eigenvalue weighted by molar-refractivity contribution is 6.30. The lowest BCUT2D eigenvalue weighted by atomic mass is 9.77. The van der Waals surface area contributed by atoms with E-state index in [1.54, 1.807) is 0 Å². The molecule has 2 amide bonds. The SMILES string of the molecule is CCN(CC)C(=O)C1CCN(C(=O)C2(c3cccc(Cl)c3)CCCC2)CC1. The molecule has 1 aromatic carbocycles. The lowest BCUT2D eigenvalue weighted by Gasteiger charge is -2.39. The molecule has 0 atom stereocenters. The fourth-order valence-electron chi connectivity index (χ4n) is 4.82. The van der Waals surface area contributed by atoms with Crippen molar-refractivity contribution in [2.45, 2.75) is 57.8 Å². The van der Waals surface area contributed by atoms with Crippen molar-refractivity contribution in [3.63, 3.8) is 0 Å². The molecule has 1 heterocycles. The van der Waals surface area contributed by atoms with Gasteiger partial charge in [0, 0.05) is 37.1 Å². The van der Waals surface area contributed by atoms with Crippen LogP contribution in [0, 0.1) is 5.92 Å². The van der Waals surface area contributed by atoms with E-state index in [4.69, 9.17) is 11.6 Å². The summed E-state index contributed by atoms with van der Waals surface area (Å²) in [6.07, 6.45) is 5.48. The summed E-state index contributed by atoms with van der Waals surface area (Å²) in [6.45, 7) is 6.92. The van der Waals surface area contributed by atoms with Crippen molar-refractivity contribution in [2.24, 2.45) is 5.92 Å². The molecular weight excluding hydrogens is 360 g/mol. The molecule has 2 aliphatic rings. The van der Waals surface area contributed by atoms with Crippen molar-refractivity contribution in [1.29, 1.82) is 0 Å². The largest absolute Gasteiger partial charge is 0.343 e. The minimum Gasteiger partial charge on any atom is -0.343 e. The number of likely N-dealkylation sites (tertiary alicyclic amines) is 1. The van der Waals surface area contributed by atoms with Crippen LogP contribution in [0.3, 0.4) is 0 Å². The van der Waals surface area contributed by atoms with E-state index >= 15 is 0 Å². The van der Waals surface area contributed by atoms with E-state index in [9.17, 15) is 9.59 Å². The number of nitrogens with zero attached hydrogens (tertiary/aromatic N) is 2. The summed E-state index contributed by atoms with van der Waals surface area (Å²) in [5.41, 5.74) is 0.625. The Morgan fingerprint density at radius 2 is 1.78 bits per heavy atom. The molecule has 1 aromatic rings. The zero-order chi connectivity index (χ0) is 19.4. The van der Waals surface area contributed by atoms with Gasteiger partial charge in [-0.3, -0.25) is 9.59 Å². The molecule has 27 heavy (non-hydrogen) atoms. The third-order valence-corrected chi connectivity index (χ3v) is 6.69. The van der Waals surface area contributed by atoms with Gasteiger partial charge in [0.1, 0.15) is 0 Å². The van der Waals surface area contributed by atoms with E-state index < -0.39 is 5.41 Å². The van der Waals surface area contributed by atoms with Gasteiger partial charge in [-0.15, -0.1) is 0 Å². The molecule has 0 unspecified atom stereocenters.